The van der Waals surface area contributed by atoms with Gasteiger partial charge in [0, 0.05) is 10.7 Å². The average Bonchev–Trinajstić information content (AvgIpc) is 2.84. The van der Waals surface area contributed by atoms with Crippen LogP contribution in [-0.4, -0.2) is 16.6 Å². The van der Waals surface area contributed by atoms with E-state index in [4.69, 9.17) is 4.74 Å². The second kappa shape index (κ2) is 5.95. The lowest BCUT2D eigenvalue weighted by Gasteiger charge is -2.02. The van der Waals surface area contributed by atoms with Gasteiger partial charge in [0.05, 0.1) is 16.8 Å². The highest BCUT2D eigenvalue weighted by atomic mass is 79.9. The van der Waals surface area contributed by atoms with Gasteiger partial charge in [-0.3, -0.25) is 0 Å². The van der Waals surface area contributed by atoms with Crippen LogP contribution < -0.4 is 10.1 Å². The van der Waals surface area contributed by atoms with E-state index < -0.39 is 5.82 Å². The van der Waals surface area contributed by atoms with E-state index in [-0.39, 0.29) is 5.82 Å². The van der Waals surface area contributed by atoms with Crippen LogP contribution in [0.5, 0.6) is 5.75 Å². The summed E-state index contributed by atoms with van der Waals surface area (Å²) in [6.45, 7) is 2.55. The van der Waals surface area contributed by atoms with Crippen molar-refractivity contribution in [2.24, 2.45) is 0 Å². The molecule has 1 aromatic carbocycles. The zero-order valence-corrected chi connectivity index (χ0v) is 13.5. The first-order chi connectivity index (χ1) is 10.2. The molecule has 4 nitrogen and oxygen atoms in total. The molecule has 1 N–H and O–H groups in total. The van der Waals surface area contributed by atoms with Crippen molar-refractivity contribution in [3.05, 3.63) is 40.8 Å². The molecule has 0 unspecified atom stereocenters. The highest BCUT2D eigenvalue weighted by Gasteiger charge is 2.09. The number of nitrogens with zero attached hydrogens (tertiary/aromatic N) is 2. The van der Waals surface area contributed by atoms with E-state index in [1.165, 1.54) is 23.6 Å². The van der Waals surface area contributed by atoms with Crippen LogP contribution >= 0.6 is 27.3 Å². The minimum atomic E-state index is -0.432. The molecule has 7 heteroatoms. The quantitative estimate of drug-likeness (QED) is 0.723. The Morgan fingerprint density at radius 3 is 3.00 bits per heavy atom. The van der Waals surface area contributed by atoms with Gasteiger partial charge in [0.2, 0.25) is 0 Å². The molecule has 0 bridgehead atoms. The average molecular weight is 368 g/mol. The predicted octanol–water partition coefficient (Wildman–Crippen LogP) is 4.74. The molecule has 0 aliphatic rings. The second-order valence-electron chi connectivity index (χ2n) is 4.19. The largest absolute Gasteiger partial charge is 0.494 e. The molecule has 2 aromatic heterocycles. The van der Waals surface area contributed by atoms with Gasteiger partial charge in [-0.25, -0.2) is 14.4 Å². The van der Waals surface area contributed by atoms with E-state index in [0.29, 0.717) is 16.2 Å². The fraction of sp³-hybridized carbons (Fsp3) is 0.143. The van der Waals surface area contributed by atoms with Crippen molar-refractivity contribution >= 4 is 48.4 Å². The first-order valence-corrected chi connectivity index (χ1v) is 7.88. The van der Waals surface area contributed by atoms with Crippen LogP contribution in [0.3, 0.4) is 0 Å². The number of halogens is 2. The Kier molecular flexibility index (Phi) is 4.03. The number of hydrogen-bond acceptors (Lipinski definition) is 5. The summed E-state index contributed by atoms with van der Waals surface area (Å²) in [5.41, 5.74) is 0.837. The van der Waals surface area contributed by atoms with Gasteiger partial charge >= 0.3 is 0 Å². The Balaban J connectivity index is 1.90. The van der Waals surface area contributed by atoms with Crippen LogP contribution in [0.2, 0.25) is 0 Å². The molecule has 21 heavy (non-hydrogen) atoms. The van der Waals surface area contributed by atoms with Crippen molar-refractivity contribution in [1.29, 1.82) is 0 Å². The van der Waals surface area contributed by atoms with Gasteiger partial charge < -0.3 is 10.1 Å². The fourth-order valence-electron chi connectivity index (χ4n) is 1.82. The molecule has 3 rings (SSSR count). The van der Waals surface area contributed by atoms with E-state index in [1.54, 1.807) is 0 Å². The van der Waals surface area contributed by atoms with E-state index in [2.05, 4.69) is 31.2 Å². The number of fused-ring (bicyclic) bond motifs is 1. The third-order valence-corrected chi connectivity index (χ3v) is 4.07. The van der Waals surface area contributed by atoms with Crippen LogP contribution in [-0.2, 0) is 0 Å². The topological polar surface area (TPSA) is 47.0 Å². The third-order valence-electron chi connectivity index (χ3n) is 2.70. The van der Waals surface area contributed by atoms with Gasteiger partial charge in [-0.1, -0.05) is 11.3 Å². The van der Waals surface area contributed by atoms with E-state index in [9.17, 15) is 4.39 Å². The molecule has 0 aliphatic heterocycles. The van der Waals surface area contributed by atoms with E-state index in [1.807, 2.05) is 25.1 Å². The molecule has 0 saturated heterocycles. The Bertz CT molecular complexity index is 793. The van der Waals surface area contributed by atoms with Crippen molar-refractivity contribution in [2.45, 2.75) is 6.92 Å². The number of benzene rings is 1. The van der Waals surface area contributed by atoms with Gasteiger partial charge in [-0.05, 0) is 47.1 Å². The summed E-state index contributed by atoms with van der Waals surface area (Å²) in [6, 6.07) is 7.03. The zero-order valence-electron chi connectivity index (χ0n) is 11.1. The number of nitrogens with one attached hydrogen (secondary N) is 1. The monoisotopic (exact) mass is 367 g/mol. The minimum Gasteiger partial charge on any atom is -0.494 e. The third kappa shape index (κ3) is 3.14. The molecule has 0 spiro atoms. The van der Waals surface area contributed by atoms with Gasteiger partial charge in [-0.15, -0.1) is 0 Å². The predicted molar refractivity (Wildman–Crippen MR) is 86.0 cm³/mol. The Hall–Kier alpha value is -1.73. The maximum absolute atomic E-state index is 13.8. The smallest absolute Gasteiger partial charge is 0.189 e. The Labute approximate surface area is 133 Å². The maximum atomic E-state index is 13.8. The maximum Gasteiger partial charge on any atom is 0.189 e. The number of ether oxygens (including phenoxy) is 1. The first kappa shape index (κ1) is 14.2. The van der Waals surface area contributed by atoms with Crippen LogP contribution in [0.1, 0.15) is 6.92 Å². The van der Waals surface area contributed by atoms with E-state index >= 15 is 0 Å². The Morgan fingerprint density at radius 2 is 2.24 bits per heavy atom. The highest BCUT2D eigenvalue weighted by Crippen LogP contribution is 2.31. The van der Waals surface area contributed by atoms with Gasteiger partial charge in [-0.2, -0.15) is 0 Å². The number of pyridine rings is 1. The molecule has 0 amide bonds. The summed E-state index contributed by atoms with van der Waals surface area (Å²) < 4.78 is 20.8. The van der Waals surface area contributed by atoms with Gasteiger partial charge in [0.15, 0.2) is 16.8 Å². The molecule has 0 radical (unpaired) electrons. The molecule has 2 heterocycles. The fourth-order valence-corrected chi connectivity index (χ4v) is 3.02. The van der Waals surface area contributed by atoms with Crippen molar-refractivity contribution in [2.75, 3.05) is 11.9 Å². The van der Waals surface area contributed by atoms with Crippen molar-refractivity contribution in [3.8, 4) is 5.75 Å². The standard InChI is InChI=1S/C14H11BrFN3OS/c1-2-20-9-3-4-11-12(6-9)21-14(18-11)19-13-10(16)5-8(15)7-17-13/h3-7H,2H2,1H3,(H,17,18,19). The lowest BCUT2D eigenvalue weighted by Crippen LogP contribution is -1.96. The van der Waals surface area contributed by atoms with Crippen molar-refractivity contribution in [1.82, 2.24) is 9.97 Å². The number of hydrogen-bond donors (Lipinski definition) is 1. The van der Waals surface area contributed by atoms with E-state index in [0.717, 1.165) is 16.0 Å². The molecular weight excluding hydrogens is 357 g/mol. The lowest BCUT2D eigenvalue weighted by atomic mass is 10.3. The summed E-state index contributed by atoms with van der Waals surface area (Å²) in [4.78, 5) is 8.41. The summed E-state index contributed by atoms with van der Waals surface area (Å²) in [5.74, 6) is 0.522. The summed E-state index contributed by atoms with van der Waals surface area (Å²) in [5, 5.41) is 3.49. The summed E-state index contributed by atoms with van der Waals surface area (Å²) in [6.07, 6.45) is 1.53. The molecule has 108 valence electrons. The van der Waals surface area contributed by atoms with Crippen LogP contribution in [0.25, 0.3) is 10.2 Å². The van der Waals surface area contributed by atoms with Gasteiger partial charge in [0.1, 0.15) is 5.75 Å². The summed E-state index contributed by atoms with van der Waals surface area (Å²) in [7, 11) is 0. The van der Waals surface area contributed by atoms with Crippen molar-refractivity contribution < 1.29 is 9.13 Å². The first-order valence-electron chi connectivity index (χ1n) is 6.27. The zero-order chi connectivity index (χ0) is 14.8. The van der Waals surface area contributed by atoms with Crippen molar-refractivity contribution in [3.63, 3.8) is 0 Å². The Morgan fingerprint density at radius 1 is 1.38 bits per heavy atom. The normalized spacial score (nSPS) is 10.8. The number of thiazole rings is 1. The van der Waals surface area contributed by atoms with Gasteiger partial charge in [0.25, 0.3) is 0 Å². The molecule has 0 saturated carbocycles. The molecule has 0 aliphatic carbocycles. The lowest BCUT2D eigenvalue weighted by molar-refractivity contribution is 0.341. The molecule has 0 fully saturated rings. The molecule has 3 aromatic rings. The van der Waals surface area contributed by atoms with Crippen LogP contribution in [0.15, 0.2) is 34.9 Å². The van der Waals surface area contributed by atoms with Crippen LogP contribution in [0, 0.1) is 5.82 Å². The van der Waals surface area contributed by atoms with Crippen LogP contribution in [0.4, 0.5) is 15.3 Å². The SMILES string of the molecule is CCOc1ccc2nc(Nc3ncc(Br)cc3F)sc2c1. The second-order valence-corrected chi connectivity index (χ2v) is 6.14. The molecular formula is C14H11BrFN3OS. The number of rotatable bonds is 4. The minimum absolute atomic E-state index is 0.155. The number of aromatic nitrogens is 2. The molecule has 0 atom stereocenters. The summed E-state index contributed by atoms with van der Waals surface area (Å²) >= 11 is 4.60. The number of anilines is 2. The highest BCUT2D eigenvalue weighted by molar-refractivity contribution is 9.10.